The molecule has 1 aliphatic heterocycles. The van der Waals surface area contributed by atoms with E-state index in [1.165, 1.54) is 4.90 Å². The Morgan fingerprint density at radius 2 is 2.11 bits per heavy atom. The molecule has 0 saturated heterocycles. The fourth-order valence-electron chi connectivity index (χ4n) is 1.83. The fourth-order valence-corrected chi connectivity index (χ4v) is 1.83. The second kappa shape index (κ2) is 4.91. The van der Waals surface area contributed by atoms with Crippen molar-refractivity contribution in [3.05, 3.63) is 36.4 Å². The highest BCUT2D eigenvalue weighted by molar-refractivity contribution is 6.05. The molecule has 0 aromatic heterocycles. The van der Waals surface area contributed by atoms with Gasteiger partial charge in [-0.2, -0.15) is 0 Å². The molecule has 1 atom stereocenters. The number of hydrogen-bond donors (Lipinski definition) is 1. The van der Waals surface area contributed by atoms with Crippen molar-refractivity contribution < 1.29 is 19.4 Å². The van der Waals surface area contributed by atoms with Gasteiger partial charge in [0.1, 0.15) is 11.9 Å². The van der Waals surface area contributed by atoms with Crippen molar-refractivity contribution in [2.24, 2.45) is 0 Å². The van der Waals surface area contributed by atoms with E-state index in [1.807, 2.05) is 13.0 Å². The number of carboxylic acid groups (broad SMARTS) is 1. The number of ether oxygens (including phenoxy) is 1. The first-order valence-corrected chi connectivity index (χ1v) is 5.56. The van der Waals surface area contributed by atoms with Crippen molar-refractivity contribution in [2.45, 2.75) is 13.0 Å². The van der Waals surface area contributed by atoms with Crippen LogP contribution in [0.4, 0.5) is 5.69 Å². The van der Waals surface area contributed by atoms with Gasteiger partial charge in [0.15, 0.2) is 0 Å². The van der Waals surface area contributed by atoms with Crippen LogP contribution in [0.2, 0.25) is 0 Å². The topological polar surface area (TPSA) is 66.8 Å². The summed E-state index contributed by atoms with van der Waals surface area (Å²) in [6.45, 7) is 2.26. The minimum Gasteiger partial charge on any atom is -0.487 e. The van der Waals surface area contributed by atoms with Crippen LogP contribution >= 0.6 is 0 Å². The first-order valence-electron chi connectivity index (χ1n) is 5.56. The van der Waals surface area contributed by atoms with Crippen LogP contribution in [0.5, 0.6) is 5.75 Å². The molecule has 1 amide bonds. The van der Waals surface area contributed by atoms with Gasteiger partial charge < -0.3 is 14.7 Å². The molecule has 2 rings (SSSR count). The molecule has 0 fully saturated rings. The normalized spacial score (nSPS) is 18.3. The SMILES string of the molecule is CC1CN(C(=O)/C=C\C(=O)O)c2ccccc2O1. The molecular formula is C13H13NO4. The summed E-state index contributed by atoms with van der Waals surface area (Å²) in [5.41, 5.74) is 0.663. The number of aliphatic carboxylic acids is 1. The number of fused-ring (bicyclic) bond motifs is 1. The predicted octanol–water partition coefficient (Wildman–Crippen LogP) is 1.44. The zero-order valence-electron chi connectivity index (χ0n) is 9.87. The number of carboxylic acids is 1. The number of para-hydroxylation sites is 2. The zero-order valence-corrected chi connectivity index (χ0v) is 9.87. The number of amides is 1. The predicted molar refractivity (Wildman–Crippen MR) is 65.7 cm³/mol. The molecule has 0 saturated carbocycles. The minimum absolute atomic E-state index is 0.123. The second-order valence-corrected chi connectivity index (χ2v) is 4.02. The summed E-state index contributed by atoms with van der Waals surface area (Å²) in [5.74, 6) is -0.869. The Morgan fingerprint density at radius 1 is 1.39 bits per heavy atom. The Morgan fingerprint density at radius 3 is 2.83 bits per heavy atom. The van der Waals surface area contributed by atoms with E-state index in [1.54, 1.807) is 18.2 Å². The first kappa shape index (κ1) is 12.2. The van der Waals surface area contributed by atoms with Gasteiger partial charge in [0.25, 0.3) is 5.91 Å². The van der Waals surface area contributed by atoms with Gasteiger partial charge >= 0.3 is 5.97 Å². The van der Waals surface area contributed by atoms with Gasteiger partial charge in [0.05, 0.1) is 12.2 Å². The van der Waals surface area contributed by atoms with Gasteiger partial charge in [-0.15, -0.1) is 0 Å². The van der Waals surface area contributed by atoms with Crippen LogP contribution in [0, 0.1) is 0 Å². The van der Waals surface area contributed by atoms with Gasteiger partial charge in [-0.3, -0.25) is 4.79 Å². The lowest BCUT2D eigenvalue weighted by atomic mass is 10.2. The summed E-state index contributed by atoms with van der Waals surface area (Å²) in [5, 5.41) is 8.53. The highest BCUT2D eigenvalue weighted by atomic mass is 16.5. The summed E-state index contributed by atoms with van der Waals surface area (Å²) in [6.07, 6.45) is 1.77. The number of hydrogen-bond acceptors (Lipinski definition) is 3. The molecule has 0 aliphatic carbocycles. The van der Waals surface area contributed by atoms with Gasteiger partial charge in [-0.25, -0.2) is 4.79 Å². The average Bonchev–Trinajstić information content (AvgIpc) is 2.34. The highest BCUT2D eigenvalue weighted by Gasteiger charge is 2.25. The molecule has 1 aromatic carbocycles. The van der Waals surface area contributed by atoms with Gasteiger partial charge in [0.2, 0.25) is 0 Å². The summed E-state index contributed by atoms with van der Waals surface area (Å²) in [7, 11) is 0. The van der Waals surface area contributed by atoms with E-state index in [2.05, 4.69) is 0 Å². The van der Waals surface area contributed by atoms with Crippen LogP contribution in [0.15, 0.2) is 36.4 Å². The van der Waals surface area contributed by atoms with Crippen LogP contribution in [0.25, 0.3) is 0 Å². The standard InChI is InChI=1S/C13H13NO4/c1-9-8-14(12(15)6-7-13(16)17)10-4-2-3-5-11(10)18-9/h2-7,9H,8H2,1H3,(H,16,17)/b7-6-. The summed E-state index contributed by atoms with van der Waals surface area (Å²) in [4.78, 5) is 23.9. The number of carbonyl (C=O) groups is 2. The minimum atomic E-state index is -1.14. The van der Waals surface area contributed by atoms with Crippen LogP contribution in [-0.4, -0.2) is 29.6 Å². The lowest BCUT2D eigenvalue weighted by molar-refractivity contribution is -0.131. The third-order valence-electron chi connectivity index (χ3n) is 2.56. The van der Waals surface area contributed by atoms with Crippen molar-refractivity contribution in [1.82, 2.24) is 0 Å². The summed E-state index contributed by atoms with van der Waals surface area (Å²) >= 11 is 0. The molecule has 0 spiro atoms. The average molecular weight is 247 g/mol. The van der Waals surface area contributed by atoms with Gasteiger partial charge in [0, 0.05) is 12.2 Å². The lowest BCUT2D eigenvalue weighted by Crippen LogP contribution is -2.41. The zero-order chi connectivity index (χ0) is 13.1. The highest BCUT2D eigenvalue weighted by Crippen LogP contribution is 2.32. The maximum absolute atomic E-state index is 11.9. The van der Waals surface area contributed by atoms with Gasteiger partial charge in [-0.05, 0) is 19.1 Å². The van der Waals surface area contributed by atoms with Gasteiger partial charge in [-0.1, -0.05) is 12.1 Å². The van der Waals surface area contributed by atoms with Crippen molar-refractivity contribution in [1.29, 1.82) is 0 Å². The summed E-state index contributed by atoms with van der Waals surface area (Å²) < 4.78 is 5.60. The number of rotatable bonds is 2. The molecular weight excluding hydrogens is 234 g/mol. The van der Waals surface area contributed by atoms with E-state index in [0.29, 0.717) is 18.0 Å². The third kappa shape index (κ3) is 2.51. The number of carbonyl (C=O) groups excluding carboxylic acids is 1. The summed E-state index contributed by atoms with van der Waals surface area (Å²) in [6, 6.07) is 7.19. The van der Waals surface area contributed by atoms with Crippen LogP contribution in [-0.2, 0) is 9.59 Å². The molecule has 1 aliphatic rings. The van der Waals surface area contributed by atoms with E-state index in [9.17, 15) is 9.59 Å². The maximum Gasteiger partial charge on any atom is 0.328 e. The Labute approximate surface area is 104 Å². The molecule has 5 heteroatoms. The molecule has 0 radical (unpaired) electrons. The van der Waals surface area contributed by atoms with Crippen LogP contribution < -0.4 is 9.64 Å². The van der Waals surface area contributed by atoms with Crippen LogP contribution in [0.3, 0.4) is 0 Å². The van der Waals surface area contributed by atoms with E-state index in [4.69, 9.17) is 9.84 Å². The largest absolute Gasteiger partial charge is 0.487 e. The van der Waals surface area contributed by atoms with E-state index < -0.39 is 5.97 Å². The lowest BCUT2D eigenvalue weighted by Gasteiger charge is -2.32. The number of benzene rings is 1. The smallest absolute Gasteiger partial charge is 0.328 e. The maximum atomic E-state index is 11.9. The second-order valence-electron chi connectivity index (χ2n) is 4.02. The Kier molecular flexibility index (Phi) is 3.32. The molecule has 1 unspecified atom stereocenters. The van der Waals surface area contributed by atoms with Crippen molar-refractivity contribution in [3.63, 3.8) is 0 Å². The first-order chi connectivity index (χ1) is 8.58. The van der Waals surface area contributed by atoms with E-state index >= 15 is 0 Å². The number of nitrogens with zero attached hydrogens (tertiary/aromatic N) is 1. The quantitative estimate of drug-likeness (QED) is 0.803. The molecule has 0 bridgehead atoms. The molecule has 5 nitrogen and oxygen atoms in total. The molecule has 1 N–H and O–H groups in total. The fraction of sp³-hybridized carbons (Fsp3) is 0.231. The molecule has 18 heavy (non-hydrogen) atoms. The van der Waals surface area contributed by atoms with E-state index in [-0.39, 0.29) is 12.0 Å². The molecule has 1 aromatic rings. The molecule has 1 heterocycles. The van der Waals surface area contributed by atoms with Crippen LogP contribution in [0.1, 0.15) is 6.92 Å². The third-order valence-corrected chi connectivity index (χ3v) is 2.56. The van der Waals surface area contributed by atoms with Crippen molar-refractivity contribution >= 4 is 17.6 Å². The number of anilines is 1. The van der Waals surface area contributed by atoms with E-state index in [0.717, 1.165) is 12.2 Å². The Hall–Kier alpha value is -2.30. The monoisotopic (exact) mass is 247 g/mol. The Balaban J connectivity index is 2.28. The van der Waals surface area contributed by atoms with Crippen molar-refractivity contribution in [2.75, 3.05) is 11.4 Å². The van der Waals surface area contributed by atoms with Crippen molar-refractivity contribution in [3.8, 4) is 5.75 Å². The Bertz CT molecular complexity index is 509. The molecule has 94 valence electrons.